The predicted molar refractivity (Wildman–Crippen MR) is 148 cm³/mol. The summed E-state index contributed by atoms with van der Waals surface area (Å²) in [4.78, 5) is 39.3. The zero-order chi connectivity index (χ0) is 27.5. The Balaban J connectivity index is 1.43. The molecule has 1 atom stereocenters. The van der Waals surface area contributed by atoms with Gasteiger partial charge in [0.15, 0.2) is 0 Å². The Bertz CT molecular complexity index is 1590. The monoisotopic (exact) mass is 525 g/mol. The van der Waals surface area contributed by atoms with E-state index in [1.54, 1.807) is 0 Å². The van der Waals surface area contributed by atoms with Gasteiger partial charge in [-0.1, -0.05) is 50.2 Å². The molecule has 0 saturated carbocycles. The van der Waals surface area contributed by atoms with Crippen molar-refractivity contribution in [1.82, 2.24) is 9.88 Å². The molecule has 1 aliphatic rings. The fourth-order valence-electron chi connectivity index (χ4n) is 4.71. The largest absolute Gasteiger partial charge is 0.491 e. The van der Waals surface area contributed by atoms with Crippen LogP contribution in [0.3, 0.4) is 0 Å². The first-order chi connectivity index (χ1) is 18.9. The number of halogens is 1. The molecule has 1 aromatic heterocycles. The van der Waals surface area contributed by atoms with Crippen LogP contribution in [0.4, 0.5) is 14.9 Å². The standard InChI is InChI=1S/C31H28FN3O4/c1-3-20(2)24-8-5-7-11-28(24)39-17-16-34-19-21(25-9-4-6-10-27(25)34)18-26-29(36)33-31(38)35(30(26)37)23-14-12-22(32)13-15-23/h4-15,18-20H,3,16-17H2,1-2H3,(H,33,36,38)/b26-18-/t20-/m1/s1. The number of carbonyl (C=O) groups excluding carboxylic acids is 3. The van der Waals surface area contributed by atoms with E-state index in [9.17, 15) is 18.8 Å². The van der Waals surface area contributed by atoms with Gasteiger partial charge < -0.3 is 9.30 Å². The number of anilines is 1. The molecule has 7 nitrogen and oxygen atoms in total. The molecule has 0 radical (unpaired) electrons. The molecule has 0 aliphatic carbocycles. The summed E-state index contributed by atoms with van der Waals surface area (Å²) in [6.07, 6.45) is 4.36. The normalized spacial score (nSPS) is 15.6. The van der Waals surface area contributed by atoms with E-state index in [1.807, 2.05) is 53.2 Å². The molecular weight excluding hydrogens is 497 g/mol. The van der Waals surface area contributed by atoms with Gasteiger partial charge in [0.25, 0.3) is 11.8 Å². The number of hydrogen-bond donors (Lipinski definition) is 1. The number of rotatable bonds is 8. The van der Waals surface area contributed by atoms with Crippen molar-refractivity contribution in [3.8, 4) is 5.75 Å². The van der Waals surface area contributed by atoms with Crippen molar-refractivity contribution in [2.75, 3.05) is 11.5 Å². The maximum absolute atomic E-state index is 13.4. The van der Waals surface area contributed by atoms with E-state index in [0.29, 0.717) is 24.6 Å². The van der Waals surface area contributed by atoms with Gasteiger partial charge in [-0.3, -0.25) is 14.9 Å². The summed E-state index contributed by atoms with van der Waals surface area (Å²) < 4.78 is 21.6. The molecule has 0 bridgehead atoms. The van der Waals surface area contributed by atoms with Crippen LogP contribution < -0.4 is 15.0 Å². The number of imide groups is 2. The van der Waals surface area contributed by atoms with Gasteiger partial charge in [-0.05, 0) is 60.4 Å². The molecule has 4 amide bonds. The molecule has 1 aliphatic heterocycles. The van der Waals surface area contributed by atoms with Crippen molar-refractivity contribution in [1.29, 1.82) is 0 Å². The summed E-state index contributed by atoms with van der Waals surface area (Å²) in [6, 6.07) is 19.7. The van der Waals surface area contributed by atoms with Gasteiger partial charge in [0.05, 0.1) is 12.2 Å². The van der Waals surface area contributed by atoms with Gasteiger partial charge in [0.2, 0.25) is 0 Å². The number of amides is 4. The van der Waals surface area contributed by atoms with Gasteiger partial charge >= 0.3 is 6.03 Å². The smallest absolute Gasteiger partial charge is 0.335 e. The Morgan fingerprint density at radius 2 is 1.69 bits per heavy atom. The summed E-state index contributed by atoms with van der Waals surface area (Å²) in [5, 5.41) is 3.05. The summed E-state index contributed by atoms with van der Waals surface area (Å²) in [7, 11) is 0. The second-order valence-corrected chi connectivity index (χ2v) is 9.42. The van der Waals surface area contributed by atoms with E-state index in [0.717, 1.165) is 40.1 Å². The van der Waals surface area contributed by atoms with Gasteiger partial charge in [0, 0.05) is 22.7 Å². The maximum atomic E-state index is 13.4. The highest BCUT2D eigenvalue weighted by atomic mass is 19.1. The van der Waals surface area contributed by atoms with Gasteiger partial charge in [0.1, 0.15) is 23.7 Å². The second kappa shape index (κ2) is 10.9. The van der Waals surface area contributed by atoms with E-state index in [4.69, 9.17) is 4.74 Å². The number of ether oxygens (including phenoxy) is 1. The van der Waals surface area contributed by atoms with Crippen LogP contribution >= 0.6 is 0 Å². The molecule has 5 rings (SSSR count). The lowest BCUT2D eigenvalue weighted by Gasteiger charge is -2.26. The number of para-hydroxylation sites is 2. The van der Waals surface area contributed by atoms with Crippen LogP contribution in [-0.2, 0) is 16.1 Å². The highest BCUT2D eigenvalue weighted by molar-refractivity contribution is 6.39. The van der Waals surface area contributed by atoms with E-state index >= 15 is 0 Å². The first-order valence-corrected chi connectivity index (χ1v) is 12.8. The van der Waals surface area contributed by atoms with E-state index in [-0.39, 0.29) is 11.3 Å². The van der Waals surface area contributed by atoms with Crippen molar-refractivity contribution < 1.29 is 23.5 Å². The minimum Gasteiger partial charge on any atom is -0.491 e. The number of benzene rings is 3. The number of nitrogens with zero attached hydrogens (tertiary/aromatic N) is 2. The fourth-order valence-corrected chi connectivity index (χ4v) is 4.71. The van der Waals surface area contributed by atoms with Crippen LogP contribution in [0.2, 0.25) is 0 Å². The molecule has 1 saturated heterocycles. The first-order valence-electron chi connectivity index (χ1n) is 12.8. The number of carbonyl (C=O) groups is 3. The predicted octanol–water partition coefficient (Wildman–Crippen LogP) is 6.04. The summed E-state index contributed by atoms with van der Waals surface area (Å²) in [5.41, 5.74) is 2.70. The molecule has 0 spiro atoms. The van der Waals surface area contributed by atoms with Crippen LogP contribution in [-0.4, -0.2) is 29.0 Å². The zero-order valence-corrected chi connectivity index (χ0v) is 21.7. The molecule has 1 fully saturated rings. The Morgan fingerprint density at radius 1 is 0.974 bits per heavy atom. The fraction of sp³-hybridized carbons (Fsp3) is 0.194. The SMILES string of the molecule is CC[C@@H](C)c1ccccc1OCCn1cc(/C=C2/C(=O)NC(=O)N(c3ccc(F)cc3)C2=O)c2ccccc21. The Hall–Kier alpha value is -4.72. The quantitative estimate of drug-likeness (QED) is 0.225. The maximum Gasteiger partial charge on any atom is 0.335 e. The highest BCUT2D eigenvalue weighted by Gasteiger charge is 2.37. The molecule has 8 heteroatoms. The number of nitrogens with one attached hydrogen (secondary N) is 1. The number of urea groups is 1. The number of barbiturate groups is 1. The van der Waals surface area contributed by atoms with Gasteiger partial charge in [-0.25, -0.2) is 14.1 Å². The second-order valence-electron chi connectivity index (χ2n) is 9.42. The summed E-state index contributed by atoms with van der Waals surface area (Å²) in [6.45, 7) is 5.29. The molecular formula is C31H28FN3O4. The third kappa shape index (κ3) is 5.18. The van der Waals surface area contributed by atoms with Crippen molar-refractivity contribution in [3.05, 3.63) is 102 Å². The van der Waals surface area contributed by atoms with E-state index < -0.39 is 23.7 Å². The van der Waals surface area contributed by atoms with Gasteiger partial charge in [-0.15, -0.1) is 0 Å². The highest BCUT2D eigenvalue weighted by Crippen LogP contribution is 2.29. The Morgan fingerprint density at radius 3 is 2.46 bits per heavy atom. The topological polar surface area (TPSA) is 80.6 Å². The lowest BCUT2D eigenvalue weighted by molar-refractivity contribution is -0.122. The molecule has 4 aromatic rings. The summed E-state index contributed by atoms with van der Waals surface area (Å²) >= 11 is 0. The van der Waals surface area contributed by atoms with Crippen molar-refractivity contribution in [3.63, 3.8) is 0 Å². The molecule has 3 aromatic carbocycles. The van der Waals surface area contributed by atoms with Crippen LogP contribution in [0.5, 0.6) is 5.75 Å². The first kappa shape index (κ1) is 25.9. The number of fused-ring (bicyclic) bond motifs is 1. The summed E-state index contributed by atoms with van der Waals surface area (Å²) in [5.74, 6) is -0.828. The third-order valence-electron chi connectivity index (χ3n) is 6.96. The minimum absolute atomic E-state index is 0.162. The van der Waals surface area contributed by atoms with Crippen LogP contribution in [0.1, 0.15) is 37.3 Å². The Labute approximate surface area is 225 Å². The molecule has 1 N–H and O–H groups in total. The third-order valence-corrected chi connectivity index (χ3v) is 6.96. The van der Waals surface area contributed by atoms with Crippen LogP contribution in [0.25, 0.3) is 17.0 Å². The van der Waals surface area contributed by atoms with E-state index in [1.165, 1.54) is 23.8 Å². The average Bonchev–Trinajstić information content (AvgIpc) is 3.29. The average molecular weight is 526 g/mol. The molecule has 0 unspecified atom stereocenters. The number of aromatic nitrogens is 1. The van der Waals surface area contributed by atoms with E-state index in [2.05, 4.69) is 25.2 Å². The van der Waals surface area contributed by atoms with Crippen LogP contribution in [0.15, 0.2) is 84.6 Å². The molecule has 2 heterocycles. The van der Waals surface area contributed by atoms with Crippen molar-refractivity contribution >= 4 is 40.5 Å². The Kier molecular flexibility index (Phi) is 7.27. The zero-order valence-electron chi connectivity index (χ0n) is 21.7. The van der Waals surface area contributed by atoms with Gasteiger partial charge in [-0.2, -0.15) is 0 Å². The molecule has 39 heavy (non-hydrogen) atoms. The van der Waals surface area contributed by atoms with Crippen LogP contribution in [0, 0.1) is 5.82 Å². The minimum atomic E-state index is -0.883. The van der Waals surface area contributed by atoms with Crippen molar-refractivity contribution in [2.45, 2.75) is 32.7 Å². The van der Waals surface area contributed by atoms with Crippen molar-refractivity contribution in [2.24, 2.45) is 0 Å². The number of hydrogen-bond acceptors (Lipinski definition) is 4. The lowest BCUT2D eigenvalue weighted by Crippen LogP contribution is -2.54. The molecule has 198 valence electrons. The lowest BCUT2D eigenvalue weighted by atomic mass is 9.98.